The van der Waals surface area contributed by atoms with E-state index in [0.717, 1.165) is 17.3 Å². The molecule has 1 fully saturated rings. The Kier molecular flexibility index (Phi) is 4.62. The molecule has 2 heterocycles. The van der Waals surface area contributed by atoms with E-state index in [2.05, 4.69) is 17.1 Å². The lowest BCUT2D eigenvalue weighted by Crippen LogP contribution is -2.50. The largest absolute Gasteiger partial charge is 0.335 e. The maximum Gasteiger partial charge on any atom is 0.275 e. The zero-order valence-corrected chi connectivity index (χ0v) is 15.3. The molecule has 0 unspecified atom stereocenters. The maximum atomic E-state index is 12.8. The molecule has 1 aliphatic heterocycles. The van der Waals surface area contributed by atoms with Crippen LogP contribution >= 0.6 is 0 Å². The highest BCUT2D eigenvalue weighted by molar-refractivity contribution is 6.04. The summed E-state index contributed by atoms with van der Waals surface area (Å²) in [5.74, 6) is -0.0678. The lowest BCUT2D eigenvalue weighted by atomic mass is 10.1. The van der Waals surface area contributed by atoms with Gasteiger partial charge in [-0.2, -0.15) is 5.10 Å². The standard InChI is InChI=1S/C21H22N4O2/c1-2-15-7-9-16(10-8-15)20(26)24-11-13-25(14-12-24)21(27)19-17-5-3-4-6-18(17)22-23-19/h3-10H,2,11-14H2,1H3,(H,22,23). The van der Waals surface area contributed by atoms with Crippen molar-refractivity contribution in [3.63, 3.8) is 0 Å². The van der Waals surface area contributed by atoms with Gasteiger partial charge in [0.25, 0.3) is 11.8 Å². The van der Waals surface area contributed by atoms with Gasteiger partial charge in [-0.3, -0.25) is 14.7 Å². The van der Waals surface area contributed by atoms with Gasteiger partial charge < -0.3 is 9.80 Å². The molecule has 6 heteroatoms. The van der Waals surface area contributed by atoms with Crippen LogP contribution < -0.4 is 0 Å². The second kappa shape index (κ2) is 7.23. The number of hydrogen-bond donors (Lipinski definition) is 1. The van der Waals surface area contributed by atoms with Crippen LogP contribution in [0.3, 0.4) is 0 Å². The summed E-state index contributed by atoms with van der Waals surface area (Å²) < 4.78 is 0. The van der Waals surface area contributed by atoms with E-state index in [1.807, 2.05) is 53.4 Å². The zero-order chi connectivity index (χ0) is 18.8. The predicted molar refractivity (Wildman–Crippen MR) is 104 cm³/mol. The van der Waals surface area contributed by atoms with Gasteiger partial charge in [-0.05, 0) is 30.2 Å². The normalized spacial score (nSPS) is 14.6. The molecule has 3 aromatic rings. The summed E-state index contributed by atoms with van der Waals surface area (Å²) in [6.07, 6.45) is 0.955. The lowest BCUT2D eigenvalue weighted by Gasteiger charge is -2.34. The number of carbonyl (C=O) groups is 2. The molecule has 1 aromatic heterocycles. The minimum absolute atomic E-state index is 0.0231. The van der Waals surface area contributed by atoms with Crippen LogP contribution in [0.5, 0.6) is 0 Å². The monoisotopic (exact) mass is 362 g/mol. The van der Waals surface area contributed by atoms with E-state index in [-0.39, 0.29) is 11.8 Å². The van der Waals surface area contributed by atoms with Crippen molar-refractivity contribution < 1.29 is 9.59 Å². The number of H-pyrrole nitrogens is 1. The lowest BCUT2D eigenvalue weighted by molar-refractivity contribution is 0.0533. The molecule has 1 N–H and O–H groups in total. The van der Waals surface area contributed by atoms with Gasteiger partial charge in [0.1, 0.15) is 0 Å². The third kappa shape index (κ3) is 3.30. The van der Waals surface area contributed by atoms with Crippen molar-refractivity contribution in [2.45, 2.75) is 13.3 Å². The quantitative estimate of drug-likeness (QED) is 0.779. The second-order valence-corrected chi connectivity index (χ2v) is 6.75. The fourth-order valence-electron chi connectivity index (χ4n) is 3.45. The van der Waals surface area contributed by atoms with E-state index >= 15 is 0 Å². The third-order valence-corrected chi connectivity index (χ3v) is 5.14. The van der Waals surface area contributed by atoms with Gasteiger partial charge in [0, 0.05) is 37.1 Å². The van der Waals surface area contributed by atoms with Crippen molar-refractivity contribution in [3.05, 3.63) is 65.4 Å². The number of hydrogen-bond acceptors (Lipinski definition) is 3. The Bertz CT molecular complexity index is 969. The molecule has 0 spiro atoms. The van der Waals surface area contributed by atoms with Crippen LogP contribution in [0.1, 0.15) is 33.3 Å². The molecule has 4 rings (SSSR count). The van der Waals surface area contributed by atoms with Gasteiger partial charge in [0.15, 0.2) is 5.69 Å². The Hall–Kier alpha value is -3.15. The van der Waals surface area contributed by atoms with Crippen molar-refractivity contribution in [1.82, 2.24) is 20.0 Å². The van der Waals surface area contributed by atoms with E-state index in [1.165, 1.54) is 5.56 Å². The van der Waals surface area contributed by atoms with Crippen LogP contribution in [0.25, 0.3) is 10.9 Å². The van der Waals surface area contributed by atoms with Gasteiger partial charge in [0.2, 0.25) is 0 Å². The van der Waals surface area contributed by atoms with Gasteiger partial charge in [0.05, 0.1) is 5.52 Å². The van der Waals surface area contributed by atoms with Gasteiger partial charge in [-0.25, -0.2) is 0 Å². The number of benzene rings is 2. The number of nitrogens with one attached hydrogen (secondary N) is 1. The summed E-state index contributed by atoms with van der Waals surface area (Å²) in [6, 6.07) is 15.4. The Morgan fingerprint density at radius 3 is 2.22 bits per heavy atom. The molecule has 1 aliphatic rings. The average Bonchev–Trinajstić information content (AvgIpc) is 3.17. The fraction of sp³-hybridized carbons (Fsp3) is 0.286. The van der Waals surface area contributed by atoms with E-state index in [9.17, 15) is 9.59 Å². The number of amides is 2. The van der Waals surface area contributed by atoms with Crippen molar-refractivity contribution in [3.8, 4) is 0 Å². The molecular formula is C21H22N4O2. The van der Waals surface area contributed by atoms with Crippen LogP contribution in [-0.4, -0.2) is 58.0 Å². The molecule has 0 atom stereocenters. The average molecular weight is 362 g/mol. The molecule has 6 nitrogen and oxygen atoms in total. The minimum Gasteiger partial charge on any atom is -0.335 e. The Morgan fingerprint density at radius 2 is 1.56 bits per heavy atom. The molecule has 0 radical (unpaired) electrons. The van der Waals surface area contributed by atoms with Crippen LogP contribution in [0.15, 0.2) is 48.5 Å². The smallest absolute Gasteiger partial charge is 0.275 e. The topological polar surface area (TPSA) is 69.3 Å². The van der Waals surface area contributed by atoms with Crippen LogP contribution in [0.2, 0.25) is 0 Å². The first kappa shape index (κ1) is 17.3. The summed E-state index contributed by atoms with van der Waals surface area (Å²) in [6.45, 7) is 4.18. The minimum atomic E-state index is -0.0909. The van der Waals surface area contributed by atoms with Gasteiger partial charge in [-0.1, -0.05) is 37.3 Å². The first-order valence-electron chi connectivity index (χ1n) is 9.28. The van der Waals surface area contributed by atoms with Crippen LogP contribution in [0.4, 0.5) is 0 Å². The van der Waals surface area contributed by atoms with Crippen molar-refractivity contribution in [1.29, 1.82) is 0 Å². The number of aromatic nitrogens is 2. The molecule has 1 saturated heterocycles. The number of fused-ring (bicyclic) bond motifs is 1. The molecule has 138 valence electrons. The number of aromatic amines is 1. The van der Waals surface area contributed by atoms with Crippen molar-refractivity contribution >= 4 is 22.7 Å². The Labute approximate surface area is 157 Å². The molecule has 27 heavy (non-hydrogen) atoms. The first-order chi connectivity index (χ1) is 13.2. The Morgan fingerprint density at radius 1 is 0.926 bits per heavy atom. The van der Waals surface area contributed by atoms with Gasteiger partial charge >= 0.3 is 0 Å². The number of rotatable bonds is 3. The SMILES string of the molecule is CCc1ccc(C(=O)N2CCN(C(=O)c3n[nH]c4ccccc34)CC2)cc1. The van der Waals surface area contributed by atoms with Gasteiger partial charge in [-0.15, -0.1) is 0 Å². The maximum absolute atomic E-state index is 12.8. The highest BCUT2D eigenvalue weighted by Gasteiger charge is 2.27. The second-order valence-electron chi connectivity index (χ2n) is 6.75. The Balaban J connectivity index is 1.42. The highest BCUT2D eigenvalue weighted by atomic mass is 16.2. The molecule has 0 bridgehead atoms. The number of piperazine rings is 1. The van der Waals surface area contributed by atoms with Crippen LogP contribution in [0, 0.1) is 0 Å². The number of nitrogens with zero attached hydrogens (tertiary/aromatic N) is 3. The highest BCUT2D eigenvalue weighted by Crippen LogP contribution is 2.18. The molecule has 0 aliphatic carbocycles. The molecular weight excluding hydrogens is 340 g/mol. The summed E-state index contributed by atoms with van der Waals surface area (Å²) in [5, 5.41) is 7.93. The number of aryl methyl sites for hydroxylation is 1. The van der Waals surface area contributed by atoms with Crippen molar-refractivity contribution in [2.24, 2.45) is 0 Å². The fourth-order valence-corrected chi connectivity index (χ4v) is 3.45. The molecule has 2 aromatic carbocycles. The molecule has 0 saturated carbocycles. The number of para-hydroxylation sites is 1. The van der Waals surface area contributed by atoms with E-state index in [4.69, 9.17) is 0 Å². The zero-order valence-electron chi connectivity index (χ0n) is 15.3. The van der Waals surface area contributed by atoms with E-state index in [1.54, 1.807) is 4.90 Å². The molecule has 2 amide bonds. The first-order valence-corrected chi connectivity index (χ1v) is 9.28. The summed E-state index contributed by atoms with van der Waals surface area (Å²) >= 11 is 0. The summed E-state index contributed by atoms with van der Waals surface area (Å²) in [7, 11) is 0. The van der Waals surface area contributed by atoms with E-state index in [0.29, 0.717) is 37.4 Å². The summed E-state index contributed by atoms with van der Waals surface area (Å²) in [5.41, 5.74) is 3.21. The third-order valence-electron chi connectivity index (χ3n) is 5.14. The van der Waals surface area contributed by atoms with Crippen LogP contribution in [-0.2, 0) is 6.42 Å². The van der Waals surface area contributed by atoms with Crippen molar-refractivity contribution in [2.75, 3.05) is 26.2 Å². The number of carbonyl (C=O) groups excluding carboxylic acids is 2. The summed E-state index contributed by atoms with van der Waals surface area (Å²) in [4.78, 5) is 29.1. The predicted octanol–water partition coefficient (Wildman–Crippen LogP) is 2.72. The van der Waals surface area contributed by atoms with E-state index < -0.39 is 0 Å².